The van der Waals surface area contributed by atoms with Crippen LogP contribution in [0.5, 0.6) is 0 Å². The number of benzene rings is 1. The van der Waals surface area contributed by atoms with Crippen molar-refractivity contribution in [3.63, 3.8) is 0 Å². The molecule has 6 heteroatoms. The number of ether oxygens (including phenoxy) is 1. The van der Waals surface area contributed by atoms with Gasteiger partial charge in [0.2, 0.25) is 5.91 Å². The van der Waals surface area contributed by atoms with Crippen LogP contribution in [0.15, 0.2) is 29.6 Å². The SMILES string of the molecule is O=C(Cc1csc(-c2ccc(F)cc2)n1)N1CCOC2CCCC21. The third-order valence-corrected chi connectivity index (χ3v) is 5.72. The lowest BCUT2D eigenvalue weighted by Gasteiger charge is -2.37. The van der Waals surface area contributed by atoms with E-state index in [4.69, 9.17) is 4.74 Å². The Kier molecular flexibility index (Phi) is 4.33. The number of hydrogen-bond acceptors (Lipinski definition) is 4. The van der Waals surface area contributed by atoms with Gasteiger partial charge in [-0.25, -0.2) is 9.37 Å². The smallest absolute Gasteiger partial charge is 0.229 e. The molecule has 0 bridgehead atoms. The average molecular weight is 346 g/mol. The normalized spacial score (nSPS) is 23.3. The number of thiazole rings is 1. The minimum atomic E-state index is -0.260. The molecule has 1 saturated heterocycles. The fourth-order valence-electron chi connectivity index (χ4n) is 3.61. The van der Waals surface area contributed by atoms with Gasteiger partial charge in [0.15, 0.2) is 0 Å². The van der Waals surface area contributed by atoms with Gasteiger partial charge >= 0.3 is 0 Å². The Bertz CT molecular complexity index is 731. The predicted molar refractivity (Wildman–Crippen MR) is 90.3 cm³/mol. The Balaban J connectivity index is 1.45. The maximum absolute atomic E-state index is 13.0. The Morgan fingerprint density at radius 3 is 3.00 bits per heavy atom. The number of carbonyl (C=O) groups excluding carboxylic acids is 1. The molecule has 1 amide bonds. The van der Waals surface area contributed by atoms with Crippen molar-refractivity contribution in [3.05, 3.63) is 41.2 Å². The molecule has 2 heterocycles. The van der Waals surface area contributed by atoms with Crippen LogP contribution in [0.2, 0.25) is 0 Å². The molecule has 1 saturated carbocycles. The molecule has 1 aliphatic carbocycles. The molecule has 4 rings (SSSR count). The van der Waals surface area contributed by atoms with Crippen LogP contribution >= 0.6 is 11.3 Å². The third kappa shape index (κ3) is 3.08. The number of nitrogens with zero attached hydrogens (tertiary/aromatic N) is 2. The summed E-state index contributed by atoms with van der Waals surface area (Å²) in [6.07, 6.45) is 3.76. The first-order chi connectivity index (χ1) is 11.7. The van der Waals surface area contributed by atoms with E-state index in [1.165, 1.54) is 23.5 Å². The standard InChI is InChI=1S/C18H19FN2O2S/c19-13-6-4-12(5-7-13)18-20-14(11-24-18)10-17(22)21-8-9-23-16-3-1-2-15(16)21/h4-7,11,15-16H,1-3,8-10H2. The molecule has 126 valence electrons. The molecule has 0 radical (unpaired) electrons. The van der Waals surface area contributed by atoms with Crippen LogP contribution in [0.3, 0.4) is 0 Å². The number of carbonyl (C=O) groups is 1. The van der Waals surface area contributed by atoms with Crippen molar-refractivity contribution in [1.82, 2.24) is 9.88 Å². The minimum absolute atomic E-state index is 0.131. The Labute approximate surface area is 144 Å². The maximum Gasteiger partial charge on any atom is 0.229 e. The van der Waals surface area contributed by atoms with Crippen molar-refractivity contribution in [2.24, 2.45) is 0 Å². The van der Waals surface area contributed by atoms with E-state index < -0.39 is 0 Å². The Morgan fingerprint density at radius 1 is 1.33 bits per heavy atom. The van der Waals surface area contributed by atoms with Gasteiger partial charge in [0.05, 0.1) is 30.9 Å². The molecule has 1 aromatic carbocycles. The number of rotatable bonds is 3. The van der Waals surface area contributed by atoms with Crippen molar-refractivity contribution in [2.75, 3.05) is 13.2 Å². The van der Waals surface area contributed by atoms with Crippen LogP contribution in [0.25, 0.3) is 10.6 Å². The fourth-order valence-corrected chi connectivity index (χ4v) is 4.43. The summed E-state index contributed by atoms with van der Waals surface area (Å²) in [6.45, 7) is 1.31. The van der Waals surface area contributed by atoms with Gasteiger partial charge in [0.1, 0.15) is 10.8 Å². The molecule has 0 spiro atoms. The van der Waals surface area contributed by atoms with E-state index in [0.717, 1.165) is 35.5 Å². The third-order valence-electron chi connectivity index (χ3n) is 4.78. The van der Waals surface area contributed by atoms with E-state index >= 15 is 0 Å². The summed E-state index contributed by atoms with van der Waals surface area (Å²) < 4.78 is 18.8. The van der Waals surface area contributed by atoms with Crippen LogP contribution < -0.4 is 0 Å². The lowest BCUT2D eigenvalue weighted by Crippen LogP contribution is -2.51. The molecule has 0 N–H and O–H groups in total. The molecule has 2 unspecified atom stereocenters. The summed E-state index contributed by atoms with van der Waals surface area (Å²) in [4.78, 5) is 19.2. The molecular formula is C18H19FN2O2S. The second kappa shape index (κ2) is 6.61. The molecule has 2 atom stereocenters. The summed E-state index contributed by atoms with van der Waals surface area (Å²) in [6, 6.07) is 6.52. The van der Waals surface area contributed by atoms with E-state index in [1.54, 1.807) is 12.1 Å². The molecule has 2 aliphatic rings. The zero-order valence-electron chi connectivity index (χ0n) is 13.3. The number of hydrogen-bond donors (Lipinski definition) is 0. The average Bonchev–Trinajstić information content (AvgIpc) is 3.24. The van der Waals surface area contributed by atoms with Crippen LogP contribution in [-0.2, 0) is 16.0 Å². The van der Waals surface area contributed by atoms with Crippen LogP contribution in [0.1, 0.15) is 25.0 Å². The molecule has 2 aromatic rings. The van der Waals surface area contributed by atoms with Crippen LogP contribution in [0.4, 0.5) is 4.39 Å². The molecular weight excluding hydrogens is 327 g/mol. The number of morpholine rings is 1. The molecule has 4 nitrogen and oxygen atoms in total. The van der Waals surface area contributed by atoms with Gasteiger partial charge in [-0.1, -0.05) is 0 Å². The van der Waals surface area contributed by atoms with E-state index in [0.29, 0.717) is 19.6 Å². The highest BCUT2D eigenvalue weighted by molar-refractivity contribution is 7.13. The molecule has 1 aliphatic heterocycles. The summed E-state index contributed by atoms with van der Waals surface area (Å²) >= 11 is 1.49. The van der Waals surface area contributed by atoms with Gasteiger partial charge in [-0.3, -0.25) is 4.79 Å². The van der Waals surface area contributed by atoms with E-state index in [2.05, 4.69) is 4.98 Å². The topological polar surface area (TPSA) is 42.4 Å². The van der Waals surface area contributed by atoms with Crippen LogP contribution in [0, 0.1) is 5.82 Å². The zero-order valence-corrected chi connectivity index (χ0v) is 14.1. The summed E-state index contributed by atoms with van der Waals surface area (Å²) in [5.41, 5.74) is 1.66. The number of aromatic nitrogens is 1. The lowest BCUT2D eigenvalue weighted by molar-refractivity contribution is -0.143. The summed E-state index contributed by atoms with van der Waals surface area (Å²) in [5, 5.41) is 2.74. The van der Waals surface area contributed by atoms with Gasteiger partial charge in [-0.15, -0.1) is 11.3 Å². The first-order valence-electron chi connectivity index (χ1n) is 8.32. The van der Waals surface area contributed by atoms with E-state index in [9.17, 15) is 9.18 Å². The zero-order chi connectivity index (χ0) is 16.5. The van der Waals surface area contributed by atoms with Crippen molar-refractivity contribution < 1.29 is 13.9 Å². The number of halogens is 1. The lowest BCUT2D eigenvalue weighted by atomic mass is 10.1. The fraction of sp³-hybridized carbons (Fsp3) is 0.444. The first kappa shape index (κ1) is 15.7. The monoisotopic (exact) mass is 346 g/mol. The van der Waals surface area contributed by atoms with Gasteiger partial charge < -0.3 is 9.64 Å². The van der Waals surface area contributed by atoms with Crippen molar-refractivity contribution >= 4 is 17.2 Å². The number of fused-ring (bicyclic) bond motifs is 1. The summed E-state index contributed by atoms with van der Waals surface area (Å²) in [7, 11) is 0. The quantitative estimate of drug-likeness (QED) is 0.857. The van der Waals surface area contributed by atoms with E-state index in [-0.39, 0.29) is 23.9 Å². The second-order valence-electron chi connectivity index (χ2n) is 6.32. The highest BCUT2D eigenvalue weighted by atomic mass is 32.1. The summed E-state index contributed by atoms with van der Waals surface area (Å²) in [5.74, 6) is -0.129. The molecule has 1 aromatic heterocycles. The van der Waals surface area contributed by atoms with Crippen molar-refractivity contribution in [2.45, 2.75) is 37.8 Å². The molecule has 2 fully saturated rings. The highest BCUT2D eigenvalue weighted by Crippen LogP contribution is 2.30. The van der Waals surface area contributed by atoms with Crippen LogP contribution in [-0.4, -0.2) is 41.1 Å². The van der Waals surface area contributed by atoms with Gasteiger partial charge in [-0.2, -0.15) is 0 Å². The predicted octanol–water partition coefficient (Wildman–Crippen LogP) is 3.27. The number of amides is 1. The largest absolute Gasteiger partial charge is 0.374 e. The van der Waals surface area contributed by atoms with Gasteiger partial charge in [0, 0.05) is 17.5 Å². The van der Waals surface area contributed by atoms with Crippen molar-refractivity contribution in [1.29, 1.82) is 0 Å². The minimum Gasteiger partial charge on any atom is -0.374 e. The maximum atomic E-state index is 13.0. The van der Waals surface area contributed by atoms with Gasteiger partial charge in [0.25, 0.3) is 0 Å². The second-order valence-corrected chi connectivity index (χ2v) is 7.18. The van der Waals surface area contributed by atoms with E-state index in [1.807, 2.05) is 10.3 Å². The highest BCUT2D eigenvalue weighted by Gasteiger charge is 2.38. The Hall–Kier alpha value is -1.79. The Morgan fingerprint density at radius 2 is 2.17 bits per heavy atom. The molecule has 24 heavy (non-hydrogen) atoms. The van der Waals surface area contributed by atoms with Crippen molar-refractivity contribution in [3.8, 4) is 10.6 Å². The van der Waals surface area contributed by atoms with Gasteiger partial charge in [-0.05, 0) is 43.5 Å². The first-order valence-corrected chi connectivity index (χ1v) is 9.20.